The lowest BCUT2D eigenvalue weighted by molar-refractivity contribution is -0.119. The fourth-order valence-corrected chi connectivity index (χ4v) is 4.67. The molecule has 2 heterocycles. The van der Waals surface area contributed by atoms with E-state index in [1.807, 2.05) is 30.3 Å². The van der Waals surface area contributed by atoms with Gasteiger partial charge in [0.25, 0.3) is 5.91 Å². The minimum absolute atomic E-state index is 0.0275. The Bertz CT molecular complexity index is 1150. The molecule has 0 radical (unpaired) electrons. The zero-order chi connectivity index (χ0) is 20.2. The lowest BCUT2D eigenvalue weighted by Gasteiger charge is -2.08. The molecule has 0 bridgehead atoms. The highest BCUT2D eigenvalue weighted by molar-refractivity contribution is 7.26. The molecule has 6 nitrogen and oxygen atoms in total. The molecule has 146 valence electrons. The first-order valence-electron chi connectivity index (χ1n) is 8.78. The zero-order valence-corrected chi connectivity index (χ0v) is 17.1. The molecule has 2 aromatic heterocycles. The number of carbonyl (C=O) groups excluding carboxylic acids is 2. The number of hydrogen-bond acceptors (Lipinski definition) is 6. The third-order valence-corrected chi connectivity index (χ3v) is 6.30. The fourth-order valence-electron chi connectivity index (χ4n) is 2.75. The lowest BCUT2D eigenvalue weighted by atomic mass is 10.2. The lowest BCUT2D eigenvalue weighted by Crippen LogP contribution is -2.17. The van der Waals surface area contributed by atoms with Crippen LogP contribution in [0.15, 0.2) is 60.7 Å². The molecule has 2 N–H and O–H groups in total. The van der Waals surface area contributed by atoms with Crippen LogP contribution in [-0.2, 0) is 9.53 Å². The summed E-state index contributed by atoms with van der Waals surface area (Å²) in [5.41, 5.74) is 2.14. The van der Waals surface area contributed by atoms with Gasteiger partial charge in [-0.05, 0) is 42.5 Å². The van der Waals surface area contributed by atoms with Crippen molar-refractivity contribution < 1.29 is 14.3 Å². The number of aromatic nitrogens is 1. The van der Waals surface area contributed by atoms with Crippen molar-refractivity contribution in [2.45, 2.75) is 0 Å². The number of thiophene rings is 1. The number of amides is 2. The van der Waals surface area contributed by atoms with Gasteiger partial charge in [-0.2, -0.15) is 0 Å². The van der Waals surface area contributed by atoms with Gasteiger partial charge in [0.05, 0.1) is 20.0 Å². The number of ether oxygens (including phenoxy) is 1. The number of anilines is 2. The quantitative estimate of drug-likeness (QED) is 0.464. The van der Waals surface area contributed by atoms with Crippen molar-refractivity contribution in [2.24, 2.45) is 0 Å². The van der Waals surface area contributed by atoms with Crippen molar-refractivity contribution in [3.05, 3.63) is 65.5 Å². The van der Waals surface area contributed by atoms with Crippen LogP contribution in [-0.4, -0.2) is 30.5 Å². The van der Waals surface area contributed by atoms with Crippen LogP contribution in [0.5, 0.6) is 0 Å². The van der Waals surface area contributed by atoms with Gasteiger partial charge in [-0.25, -0.2) is 4.98 Å². The monoisotopic (exact) mass is 423 g/mol. The van der Waals surface area contributed by atoms with E-state index >= 15 is 0 Å². The van der Waals surface area contributed by atoms with Crippen molar-refractivity contribution in [2.75, 3.05) is 24.4 Å². The summed E-state index contributed by atoms with van der Waals surface area (Å²) in [4.78, 5) is 30.5. The molecule has 4 rings (SSSR count). The van der Waals surface area contributed by atoms with E-state index in [1.165, 1.54) is 18.4 Å². The Kier molecular flexibility index (Phi) is 5.66. The Labute approximate surface area is 175 Å². The first kappa shape index (κ1) is 19.3. The van der Waals surface area contributed by atoms with E-state index in [0.717, 1.165) is 20.1 Å². The van der Waals surface area contributed by atoms with E-state index in [9.17, 15) is 9.59 Å². The molecule has 2 aromatic carbocycles. The zero-order valence-electron chi connectivity index (χ0n) is 15.5. The Balaban J connectivity index is 1.47. The van der Waals surface area contributed by atoms with Gasteiger partial charge in [0.2, 0.25) is 5.91 Å². The van der Waals surface area contributed by atoms with Gasteiger partial charge in [-0.15, -0.1) is 22.7 Å². The average molecular weight is 424 g/mol. The number of fused-ring (bicyclic) bond motifs is 1. The Hall–Kier alpha value is -3.07. The molecule has 8 heteroatoms. The summed E-state index contributed by atoms with van der Waals surface area (Å²) in [6, 6.07) is 18.7. The number of methoxy groups -OCH3 is 1. The van der Waals surface area contributed by atoms with Crippen molar-refractivity contribution in [1.29, 1.82) is 0 Å². The highest BCUT2D eigenvalue weighted by Gasteiger charge is 2.14. The van der Waals surface area contributed by atoms with Gasteiger partial charge < -0.3 is 15.4 Å². The van der Waals surface area contributed by atoms with Crippen LogP contribution >= 0.6 is 22.7 Å². The van der Waals surface area contributed by atoms with E-state index in [1.54, 1.807) is 41.7 Å². The normalized spacial score (nSPS) is 10.8. The van der Waals surface area contributed by atoms with Crippen LogP contribution < -0.4 is 10.6 Å². The number of para-hydroxylation sites is 1. The van der Waals surface area contributed by atoms with Gasteiger partial charge in [0, 0.05) is 18.5 Å². The summed E-state index contributed by atoms with van der Waals surface area (Å²) in [5.74, 6) is -0.461. The minimum atomic E-state index is -0.255. The SMILES string of the molecule is COCC(=O)Nc1cccc(NC(=O)c2ccc(-c3nc4ccccc4s3)s2)c1. The second kappa shape index (κ2) is 8.52. The van der Waals surface area contributed by atoms with E-state index in [0.29, 0.717) is 16.3 Å². The van der Waals surface area contributed by atoms with Crippen LogP contribution in [0.3, 0.4) is 0 Å². The standard InChI is InChI=1S/C21H17N3O3S2/c1-27-12-19(25)22-13-5-4-6-14(11-13)23-20(26)17-9-10-18(28-17)21-24-15-7-2-3-8-16(15)29-21/h2-11H,12H2,1H3,(H,22,25)(H,23,26). The predicted octanol–water partition coefficient (Wildman–Crippen LogP) is 4.86. The van der Waals surface area contributed by atoms with E-state index in [4.69, 9.17) is 4.74 Å². The van der Waals surface area contributed by atoms with Crippen LogP contribution in [0.1, 0.15) is 9.67 Å². The van der Waals surface area contributed by atoms with Crippen molar-refractivity contribution in [1.82, 2.24) is 4.98 Å². The Morgan fingerprint density at radius 2 is 1.76 bits per heavy atom. The molecule has 0 fully saturated rings. The molecule has 0 saturated carbocycles. The average Bonchev–Trinajstić information content (AvgIpc) is 3.35. The van der Waals surface area contributed by atoms with Gasteiger partial charge >= 0.3 is 0 Å². The number of rotatable bonds is 6. The molecule has 0 unspecified atom stereocenters. The van der Waals surface area contributed by atoms with Crippen LogP contribution in [0.25, 0.3) is 20.1 Å². The number of thiazole rings is 1. The molecule has 29 heavy (non-hydrogen) atoms. The van der Waals surface area contributed by atoms with Crippen LogP contribution in [0.2, 0.25) is 0 Å². The van der Waals surface area contributed by atoms with E-state index < -0.39 is 0 Å². The molecule has 2 amide bonds. The molecule has 0 atom stereocenters. The van der Waals surface area contributed by atoms with Crippen molar-refractivity contribution >= 4 is 56.1 Å². The maximum absolute atomic E-state index is 12.6. The van der Waals surface area contributed by atoms with Crippen LogP contribution in [0.4, 0.5) is 11.4 Å². The van der Waals surface area contributed by atoms with Gasteiger partial charge in [-0.3, -0.25) is 9.59 Å². The highest BCUT2D eigenvalue weighted by Crippen LogP contribution is 2.34. The Morgan fingerprint density at radius 3 is 2.55 bits per heavy atom. The number of carbonyl (C=O) groups is 2. The number of nitrogens with one attached hydrogen (secondary N) is 2. The fraction of sp³-hybridized carbons (Fsp3) is 0.0952. The molecular formula is C21H17N3O3S2. The summed E-state index contributed by atoms with van der Waals surface area (Å²) in [5, 5.41) is 6.48. The second-order valence-electron chi connectivity index (χ2n) is 6.17. The largest absolute Gasteiger partial charge is 0.375 e. The number of nitrogens with zero attached hydrogens (tertiary/aromatic N) is 1. The van der Waals surface area contributed by atoms with Gasteiger partial charge in [0.1, 0.15) is 11.6 Å². The number of hydrogen-bond donors (Lipinski definition) is 2. The maximum atomic E-state index is 12.6. The van der Waals surface area contributed by atoms with Crippen LogP contribution in [0, 0.1) is 0 Å². The van der Waals surface area contributed by atoms with E-state index in [-0.39, 0.29) is 18.4 Å². The number of benzene rings is 2. The molecule has 0 aliphatic carbocycles. The first-order valence-corrected chi connectivity index (χ1v) is 10.4. The summed E-state index contributed by atoms with van der Waals surface area (Å²) in [7, 11) is 1.46. The molecule has 4 aromatic rings. The molecular weight excluding hydrogens is 406 g/mol. The third-order valence-electron chi connectivity index (χ3n) is 4.01. The third kappa shape index (κ3) is 4.51. The van der Waals surface area contributed by atoms with Gasteiger partial charge in [0.15, 0.2) is 0 Å². The molecule has 0 spiro atoms. The van der Waals surface area contributed by atoms with Crippen molar-refractivity contribution in [3.8, 4) is 9.88 Å². The highest BCUT2D eigenvalue weighted by atomic mass is 32.1. The second-order valence-corrected chi connectivity index (χ2v) is 8.28. The molecule has 0 aliphatic heterocycles. The predicted molar refractivity (Wildman–Crippen MR) is 118 cm³/mol. The molecule has 0 aliphatic rings. The summed E-state index contributed by atoms with van der Waals surface area (Å²) < 4.78 is 5.92. The maximum Gasteiger partial charge on any atom is 0.265 e. The minimum Gasteiger partial charge on any atom is -0.375 e. The summed E-state index contributed by atoms with van der Waals surface area (Å²) >= 11 is 3.01. The topological polar surface area (TPSA) is 80.3 Å². The summed E-state index contributed by atoms with van der Waals surface area (Å²) in [6.45, 7) is -0.0275. The first-order chi connectivity index (χ1) is 14.1. The Morgan fingerprint density at radius 1 is 0.966 bits per heavy atom. The van der Waals surface area contributed by atoms with E-state index in [2.05, 4.69) is 15.6 Å². The summed E-state index contributed by atoms with van der Waals surface area (Å²) in [6.07, 6.45) is 0. The molecule has 0 saturated heterocycles. The van der Waals surface area contributed by atoms with Gasteiger partial charge in [-0.1, -0.05) is 18.2 Å². The smallest absolute Gasteiger partial charge is 0.265 e. The van der Waals surface area contributed by atoms with Crippen molar-refractivity contribution in [3.63, 3.8) is 0 Å².